The molecule has 0 spiro atoms. The van der Waals surface area contributed by atoms with E-state index in [-0.39, 0.29) is 11.3 Å². The van der Waals surface area contributed by atoms with Crippen LogP contribution in [0.25, 0.3) is 0 Å². The van der Waals surface area contributed by atoms with Gasteiger partial charge in [0, 0.05) is 37.8 Å². The van der Waals surface area contributed by atoms with Crippen LogP contribution in [0.1, 0.15) is 51.1 Å². The van der Waals surface area contributed by atoms with E-state index in [1.165, 1.54) is 23.6 Å². The highest BCUT2D eigenvalue weighted by Crippen LogP contribution is 2.39. The summed E-state index contributed by atoms with van der Waals surface area (Å²) in [5.41, 5.74) is 3.99. The number of anilines is 3. The van der Waals surface area contributed by atoms with Gasteiger partial charge in [-0.15, -0.1) is 0 Å². The number of hydrogen-bond acceptors (Lipinski definition) is 6. The molecule has 8 heteroatoms. The fourth-order valence-electron chi connectivity index (χ4n) is 4.17. The van der Waals surface area contributed by atoms with Gasteiger partial charge in [-0.05, 0) is 55.7 Å². The Morgan fingerprint density at radius 1 is 1.06 bits per heavy atom. The van der Waals surface area contributed by atoms with Crippen molar-refractivity contribution in [1.29, 1.82) is 0 Å². The average Bonchev–Trinajstić information content (AvgIpc) is 3.55. The summed E-state index contributed by atoms with van der Waals surface area (Å²) in [6.45, 7) is 5.23. The molecule has 0 radical (unpaired) electrons. The monoisotopic (exact) mass is 446 g/mol. The second-order valence-electron chi connectivity index (χ2n) is 8.65. The highest BCUT2D eigenvalue weighted by Gasteiger charge is 2.30. The van der Waals surface area contributed by atoms with Crippen LogP contribution >= 0.6 is 0 Å². The predicted molar refractivity (Wildman–Crippen MR) is 125 cm³/mol. The number of carbonyl (C=O) groups is 2. The van der Waals surface area contributed by atoms with E-state index in [2.05, 4.69) is 51.3 Å². The van der Waals surface area contributed by atoms with E-state index < -0.39 is 11.9 Å². The number of carboxylic acids is 1. The molecule has 1 amide bonds. The Morgan fingerprint density at radius 2 is 1.82 bits per heavy atom. The number of piperazine rings is 1. The number of aromatic carboxylic acids is 1. The minimum Gasteiger partial charge on any atom is -0.478 e. The third-order valence-corrected chi connectivity index (χ3v) is 6.16. The highest BCUT2D eigenvalue weighted by atomic mass is 16.4. The summed E-state index contributed by atoms with van der Waals surface area (Å²) in [4.78, 5) is 33.2. The molecule has 170 valence electrons. The second-order valence-corrected chi connectivity index (χ2v) is 8.65. The number of aromatic nitrogens is 1. The SMILES string of the molecule is Cc1cccc(N2CCN(c3ccc(C(=O)O)cc3NC(=O)c3coc(C4CC4)n3)CC2)c1. The summed E-state index contributed by atoms with van der Waals surface area (Å²) in [7, 11) is 0. The number of aryl methyl sites for hydroxylation is 1. The standard InChI is InChI=1S/C25H26N4O4/c1-16-3-2-4-19(13-16)28-9-11-29(12-10-28)22-8-7-18(25(31)32)14-20(22)26-23(30)21-15-33-24(27-21)17-5-6-17/h2-4,7-8,13-15,17H,5-6,9-12H2,1H3,(H,26,30)(H,31,32). The largest absolute Gasteiger partial charge is 0.478 e. The van der Waals surface area contributed by atoms with Crippen molar-refractivity contribution >= 4 is 28.9 Å². The van der Waals surface area contributed by atoms with Crippen LogP contribution in [0.3, 0.4) is 0 Å². The molecule has 2 heterocycles. The van der Waals surface area contributed by atoms with Gasteiger partial charge in [0.1, 0.15) is 6.26 Å². The highest BCUT2D eigenvalue weighted by molar-refractivity contribution is 6.05. The van der Waals surface area contributed by atoms with Crippen LogP contribution in [0.5, 0.6) is 0 Å². The molecule has 1 aromatic heterocycles. The Kier molecular flexibility index (Phi) is 5.50. The third kappa shape index (κ3) is 4.55. The molecule has 2 N–H and O–H groups in total. The number of rotatable bonds is 6. The van der Waals surface area contributed by atoms with Gasteiger partial charge in [-0.25, -0.2) is 9.78 Å². The van der Waals surface area contributed by atoms with Gasteiger partial charge in [0.05, 0.1) is 16.9 Å². The van der Waals surface area contributed by atoms with Gasteiger partial charge in [-0.2, -0.15) is 0 Å². The quantitative estimate of drug-likeness (QED) is 0.587. The van der Waals surface area contributed by atoms with Crippen molar-refractivity contribution in [2.24, 2.45) is 0 Å². The smallest absolute Gasteiger partial charge is 0.335 e. The van der Waals surface area contributed by atoms with Gasteiger partial charge in [0.25, 0.3) is 5.91 Å². The molecule has 3 aromatic rings. The first-order chi connectivity index (χ1) is 16.0. The van der Waals surface area contributed by atoms with Gasteiger partial charge in [0.15, 0.2) is 11.6 Å². The van der Waals surface area contributed by atoms with Gasteiger partial charge in [-0.1, -0.05) is 12.1 Å². The van der Waals surface area contributed by atoms with Crippen molar-refractivity contribution in [1.82, 2.24) is 4.98 Å². The van der Waals surface area contributed by atoms with Crippen LogP contribution in [-0.2, 0) is 0 Å². The minimum absolute atomic E-state index is 0.117. The van der Waals surface area contributed by atoms with Crippen LogP contribution in [0.4, 0.5) is 17.1 Å². The fourth-order valence-corrected chi connectivity index (χ4v) is 4.17. The molecular formula is C25H26N4O4. The van der Waals surface area contributed by atoms with Gasteiger partial charge in [-0.3, -0.25) is 4.79 Å². The molecular weight excluding hydrogens is 420 g/mol. The Bertz CT molecular complexity index is 1190. The van der Waals surface area contributed by atoms with Crippen molar-refractivity contribution in [3.8, 4) is 0 Å². The Labute approximate surface area is 191 Å². The van der Waals surface area contributed by atoms with Crippen LogP contribution in [0, 0.1) is 6.92 Å². The maximum Gasteiger partial charge on any atom is 0.335 e. The number of hydrogen-bond donors (Lipinski definition) is 2. The maximum atomic E-state index is 12.8. The Morgan fingerprint density at radius 3 is 2.52 bits per heavy atom. The average molecular weight is 447 g/mol. The van der Waals surface area contributed by atoms with Crippen LogP contribution in [0.2, 0.25) is 0 Å². The first-order valence-electron chi connectivity index (χ1n) is 11.2. The minimum atomic E-state index is -1.04. The van der Waals surface area contributed by atoms with Crippen molar-refractivity contribution < 1.29 is 19.1 Å². The number of nitrogens with zero attached hydrogens (tertiary/aromatic N) is 3. The van der Waals surface area contributed by atoms with Gasteiger partial charge in [0.2, 0.25) is 0 Å². The zero-order chi connectivity index (χ0) is 22.9. The lowest BCUT2D eigenvalue weighted by atomic mass is 10.1. The van der Waals surface area contributed by atoms with Crippen molar-refractivity contribution in [2.45, 2.75) is 25.7 Å². The number of nitrogens with one attached hydrogen (secondary N) is 1. The normalized spacial score (nSPS) is 16.0. The molecule has 2 fully saturated rings. The summed E-state index contributed by atoms with van der Waals surface area (Å²) < 4.78 is 5.44. The molecule has 1 saturated heterocycles. The summed E-state index contributed by atoms with van der Waals surface area (Å²) in [6.07, 6.45) is 3.42. The lowest BCUT2D eigenvalue weighted by Crippen LogP contribution is -2.46. The summed E-state index contributed by atoms with van der Waals surface area (Å²) in [6, 6.07) is 13.3. The van der Waals surface area contributed by atoms with Crippen LogP contribution in [0.15, 0.2) is 53.1 Å². The number of carbonyl (C=O) groups excluding carboxylic acids is 1. The molecule has 2 aliphatic rings. The van der Waals surface area contributed by atoms with E-state index in [0.29, 0.717) is 17.5 Å². The number of benzene rings is 2. The summed E-state index contributed by atoms with van der Waals surface area (Å²) in [5, 5.41) is 12.3. The van der Waals surface area contributed by atoms with E-state index in [4.69, 9.17) is 4.42 Å². The van der Waals surface area contributed by atoms with E-state index in [1.807, 2.05) is 0 Å². The number of carboxylic acid groups (broad SMARTS) is 1. The van der Waals surface area contributed by atoms with Crippen molar-refractivity contribution in [2.75, 3.05) is 41.3 Å². The van der Waals surface area contributed by atoms with Crippen molar-refractivity contribution in [3.63, 3.8) is 0 Å². The molecule has 2 aromatic carbocycles. The van der Waals surface area contributed by atoms with Gasteiger partial charge < -0.3 is 24.6 Å². The lowest BCUT2D eigenvalue weighted by molar-refractivity contribution is 0.0696. The third-order valence-electron chi connectivity index (χ3n) is 6.16. The molecule has 0 unspecified atom stereocenters. The fraction of sp³-hybridized carbons (Fsp3) is 0.320. The maximum absolute atomic E-state index is 12.8. The molecule has 33 heavy (non-hydrogen) atoms. The predicted octanol–water partition coefficient (Wildman–Crippen LogP) is 4.14. The van der Waals surface area contributed by atoms with Crippen LogP contribution in [-0.4, -0.2) is 48.1 Å². The first-order valence-corrected chi connectivity index (χ1v) is 11.2. The topological polar surface area (TPSA) is 98.9 Å². The summed E-state index contributed by atoms with van der Waals surface area (Å²) >= 11 is 0. The summed E-state index contributed by atoms with van der Waals surface area (Å²) in [5.74, 6) is -0.555. The van der Waals surface area contributed by atoms with E-state index >= 15 is 0 Å². The zero-order valence-corrected chi connectivity index (χ0v) is 18.5. The Balaban J connectivity index is 1.34. The molecule has 0 atom stereocenters. The van der Waals surface area contributed by atoms with E-state index in [9.17, 15) is 14.7 Å². The van der Waals surface area contributed by atoms with Crippen molar-refractivity contribution in [3.05, 3.63) is 71.4 Å². The molecule has 1 saturated carbocycles. The molecule has 8 nitrogen and oxygen atoms in total. The lowest BCUT2D eigenvalue weighted by Gasteiger charge is -2.38. The molecule has 5 rings (SSSR count). The second kappa shape index (κ2) is 8.61. The molecule has 1 aliphatic heterocycles. The molecule has 0 bridgehead atoms. The van der Waals surface area contributed by atoms with E-state index in [0.717, 1.165) is 44.7 Å². The van der Waals surface area contributed by atoms with Crippen LogP contribution < -0.4 is 15.1 Å². The van der Waals surface area contributed by atoms with E-state index in [1.54, 1.807) is 12.1 Å². The first kappa shape index (κ1) is 21.1. The zero-order valence-electron chi connectivity index (χ0n) is 18.5. The molecule has 1 aliphatic carbocycles. The van der Waals surface area contributed by atoms with Gasteiger partial charge >= 0.3 is 5.97 Å². The number of amides is 1. The number of oxazole rings is 1. The Hall–Kier alpha value is -3.81.